The lowest BCUT2D eigenvalue weighted by molar-refractivity contribution is 0.465. The summed E-state index contributed by atoms with van der Waals surface area (Å²) in [6, 6.07) is 4.70. The molecule has 0 bridgehead atoms. The van der Waals surface area contributed by atoms with Crippen molar-refractivity contribution >= 4 is 0 Å². The van der Waals surface area contributed by atoms with Crippen LogP contribution in [0.4, 0.5) is 0 Å². The van der Waals surface area contributed by atoms with Gasteiger partial charge in [-0.15, -0.1) is 0 Å². The minimum absolute atomic E-state index is 0.178. The van der Waals surface area contributed by atoms with Gasteiger partial charge in [0.1, 0.15) is 5.82 Å². The van der Waals surface area contributed by atoms with E-state index in [1.54, 1.807) is 0 Å². The number of aryl methyl sites for hydroxylation is 1. The molecule has 0 radical (unpaired) electrons. The Labute approximate surface area is 126 Å². The van der Waals surface area contributed by atoms with Gasteiger partial charge in [-0.1, -0.05) is 13.8 Å². The van der Waals surface area contributed by atoms with Crippen molar-refractivity contribution in [1.29, 1.82) is 0 Å². The van der Waals surface area contributed by atoms with Gasteiger partial charge in [-0.25, -0.2) is 9.97 Å². The summed E-state index contributed by atoms with van der Waals surface area (Å²) < 4.78 is 2.05. The van der Waals surface area contributed by atoms with E-state index in [0.29, 0.717) is 6.04 Å². The molecular weight excluding hydrogens is 262 g/mol. The highest BCUT2D eigenvalue weighted by atomic mass is 15.3. The zero-order valence-corrected chi connectivity index (χ0v) is 13.4. The number of aromatic nitrogens is 4. The van der Waals surface area contributed by atoms with Gasteiger partial charge in [-0.05, 0) is 38.9 Å². The van der Waals surface area contributed by atoms with Crippen molar-refractivity contribution in [2.45, 2.75) is 52.6 Å². The molecule has 0 aromatic carbocycles. The molecule has 21 heavy (non-hydrogen) atoms. The maximum atomic E-state index is 4.68. The van der Waals surface area contributed by atoms with Crippen LogP contribution in [0.2, 0.25) is 0 Å². The largest absolute Gasteiger partial charge is 0.309 e. The smallest absolute Gasteiger partial charge is 0.125 e. The van der Waals surface area contributed by atoms with E-state index >= 15 is 0 Å². The van der Waals surface area contributed by atoms with E-state index in [9.17, 15) is 0 Å². The Morgan fingerprint density at radius 3 is 2.76 bits per heavy atom. The lowest BCUT2D eigenvalue weighted by Crippen LogP contribution is -2.24. The van der Waals surface area contributed by atoms with Crippen LogP contribution in [0, 0.1) is 6.92 Å². The average molecular weight is 287 g/mol. The summed E-state index contributed by atoms with van der Waals surface area (Å²) in [5.41, 5.74) is 2.12. The number of nitrogens with one attached hydrogen (secondary N) is 1. The SMILES string of the molecule is CCNC(Cc1ccn(C(C)CC)n1)c1ccnc(C)n1. The second kappa shape index (κ2) is 7.31. The van der Waals surface area contributed by atoms with Crippen LogP contribution in [0.15, 0.2) is 24.5 Å². The van der Waals surface area contributed by atoms with Crippen LogP contribution in [-0.2, 0) is 6.42 Å². The van der Waals surface area contributed by atoms with Crippen LogP contribution in [0.5, 0.6) is 0 Å². The molecule has 0 fully saturated rings. The fourth-order valence-electron chi connectivity index (χ4n) is 2.32. The van der Waals surface area contributed by atoms with Crippen molar-refractivity contribution in [2.24, 2.45) is 0 Å². The molecule has 114 valence electrons. The standard InChI is InChI=1S/C16H25N5/c1-5-12(3)21-10-8-14(20-21)11-16(17-6-2)15-7-9-18-13(4)19-15/h7-10,12,16-17H,5-6,11H2,1-4H3. The first kappa shape index (κ1) is 15.6. The van der Waals surface area contributed by atoms with E-state index in [1.165, 1.54) is 0 Å². The summed E-state index contributed by atoms with van der Waals surface area (Å²) in [4.78, 5) is 8.71. The first-order valence-corrected chi connectivity index (χ1v) is 7.71. The summed E-state index contributed by atoms with van der Waals surface area (Å²) in [5.74, 6) is 0.806. The number of hydrogen-bond donors (Lipinski definition) is 1. The Morgan fingerprint density at radius 2 is 2.10 bits per heavy atom. The van der Waals surface area contributed by atoms with Gasteiger partial charge in [0.2, 0.25) is 0 Å². The van der Waals surface area contributed by atoms with Gasteiger partial charge >= 0.3 is 0 Å². The number of likely N-dealkylation sites (N-methyl/N-ethyl adjacent to an activating group) is 1. The molecule has 2 aromatic rings. The van der Waals surface area contributed by atoms with Gasteiger partial charge in [0.05, 0.1) is 17.4 Å². The van der Waals surface area contributed by atoms with Crippen LogP contribution in [0.3, 0.4) is 0 Å². The van der Waals surface area contributed by atoms with Crippen molar-refractivity contribution in [3.05, 3.63) is 41.7 Å². The van der Waals surface area contributed by atoms with E-state index in [4.69, 9.17) is 0 Å². The second-order valence-electron chi connectivity index (χ2n) is 5.39. The summed E-state index contributed by atoms with van der Waals surface area (Å²) in [5, 5.41) is 8.17. The Morgan fingerprint density at radius 1 is 1.29 bits per heavy atom. The van der Waals surface area contributed by atoms with E-state index in [2.05, 4.69) is 53.4 Å². The third kappa shape index (κ3) is 4.11. The number of nitrogens with zero attached hydrogens (tertiary/aromatic N) is 4. The molecule has 0 saturated carbocycles. The Balaban J connectivity index is 2.14. The zero-order valence-electron chi connectivity index (χ0n) is 13.4. The highest BCUT2D eigenvalue weighted by Gasteiger charge is 2.15. The summed E-state index contributed by atoms with van der Waals surface area (Å²) in [7, 11) is 0. The maximum Gasteiger partial charge on any atom is 0.125 e. The molecule has 2 atom stereocenters. The molecule has 0 spiro atoms. The Hall–Kier alpha value is -1.75. The van der Waals surface area contributed by atoms with Gasteiger partial charge in [0.15, 0.2) is 0 Å². The lowest BCUT2D eigenvalue weighted by atomic mass is 10.1. The molecule has 1 N–H and O–H groups in total. The van der Waals surface area contributed by atoms with Crippen LogP contribution < -0.4 is 5.32 Å². The van der Waals surface area contributed by atoms with Crippen LogP contribution in [-0.4, -0.2) is 26.3 Å². The molecular formula is C16H25N5. The number of hydrogen-bond acceptors (Lipinski definition) is 4. The molecule has 2 heterocycles. The third-order valence-electron chi connectivity index (χ3n) is 3.72. The zero-order chi connectivity index (χ0) is 15.2. The summed E-state index contributed by atoms with van der Waals surface area (Å²) in [6.45, 7) is 9.30. The third-order valence-corrected chi connectivity index (χ3v) is 3.72. The highest BCUT2D eigenvalue weighted by Crippen LogP contribution is 2.17. The normalized spacial score (nSPS) is 14.1. The van der Waals surface area contributed by atoms with Gasteiger partial charge < -0.3 is 5.32 Å². The Bertz CT molecular complexity index is 563. The quantitative estimate of drug-likeness (QED) is 0.851. The van der Waals surface area contributed by atoms with Crippen molar-refractivity contribution in [1.82, 2.24) is 25.1 Å². The van der Waals surface area contributed by atoms with E-state index in [1.807, 2.05) is 23.9 Å². The molecule has 2 unspecified atom stereocenters. The molecule has 0 saturated heterocycles. The fraction of sp³-hybridized carbons (Fsp3) is 0.562. The van der Waals surface area contributed by atoms with Crippen molar-refractivity contribution in [2.75, 3.05) is 6.54 Å². The van der Waals surface area contributed by atoms with Crippen molar-refractivity contribution in [3.8, 4) is 0 Å². The van der Waals surface area contributed by atoms with E-state index < -0.39 is 0 Å². The minimum Gasteiger partial charge on any atom is -0.309 e. The second-order valence-corrected chi connectivity index (χ2v) is 5.39. The van der Waals surface area contributed by atoms with Gasteiger partial charge in [0.25, 0.3) is 0 Å². The predicted octanol–water partition coefficient (Wildman–Crippen LogP) is 2.85. The fourth-order valence-corrected chi connectivity index (χ4v) is 2.32. The molecule has 5 nitrogen and oxygen atoms in total. The maximum absolute atomic E-state index is 4.68. The molecule has 2 aromatic heterocycles. The molecule has 0 aliphatic carbocycles. The first-order chi connectivity index (χ1) is 10.1. The molecule has 2 rings (SSSR count). The van der Waals surface area contributed by atoms with Gasteiger partial charge in [-0.2, -0.15) is 5.10 Å². The first-order valence-electron chi connectivity index (χ1n) is 7.71. The molecule has 5 heteroatoms. The molecule has 0 amide bonds. The summed E-state index contributed by atoms with van der Waals surface area (Å²) >= 11 is 0. The lowest BCUT2D eigenvalue weighted by Gasteiger charge is -2.16. The van der Waals surface area contributed by atoms with Crippen molar-refractivity contribution < 1.29 is 0 Å². The monoisotopic (exact) mass is 287 g/mol. The van der Waals surface area contributed by atoms with E-state index in [0.717, 1.165) is 36.6 Å². The minimum atomic E-state index is 0.178. The van der Waals surface area contributed by atoms with Crippen LogP contribution >= 0.6 is 0 Å². The highest BCUT2D eigenvalue weighted by molar-refractivity contribution is 5.12. The van der Waals surface area contributed by atoms with Crippen LogP contribution in [0.25, 0.3) is 0 Å². The number of rotatable bonds is 7. The van der Waals surface area contributed by atoms with Crippen LogP contribution in [0.1, 0.15) is 56.5 Å². The van der Waals surface area contributed by atoms with E-state index in [-0.39, 0.29) is 6.04 Å². The van der Waals surface area contributed by atoms with Gasteiger partial charge in [0, 0.05) is 24.9 Å². The summed E-state index contributed by atoms with van der Waals surface area (Å²) in [6.07, 6.45) is 5.81. The Kier molecular flexibility index (Phi) is 5.44. The average Bonchev–Trinajstić information content (AvgIpc) is 2.94. The molecule has 0 aliphatic rings. The van der Waals surface area contributed by atoms with Crippen molar-refractivity contribution in [3.63, 3.8) is 0 Å². The molecule has 0 aliphatic heterocycles. The topological polar surface area (TPSA) is 55.6 Å². The van der Waals surface area contributed by atoms with Gasteiger partial charge in [-0.3, -0.25) is 4.68 Å². The predicted molar refractivity (Wildman–Crippen MR) is 84.1 cm³/mol.